The Morgan fingerprint density at radius 3 is 2.16 bits per heavy atom. The van der Waals surface area contributed by atoms with Crippen LogP contribution in [0.4, 0.5) is 4.39 Å². The second-order valence-corrected chi connectivity index (χ2v) is 9.23. The maximum absolute atomic E-state index is 14.0. The highest BCUT2D eigenvalue weighted by molar-refractivity contribution is 5.91. The molecule has 1 fully saturated rings. The molecule has 0 saturated carbocycles. The van der Waals surface area contributed by atoms with Crippen molar-refractivity contribution in [3.63, 3.8) is 0 Å². The SMILES string of the molecule is COC(=O)[C@@H]1CC(N(C)CC#Cc2ccc(F)cc2)CCN1C(=O)C(c1ccccc1)c1ccccc1. The molecule has 2 atom stereocenters. The summed E-state index contributed by atoms with van der Waals surface area (Å²) in [5.74, 6) is 4.86. The molecular formula is C31H31FN2O3. The zero-order chi connectivity index (χ0) is 26.2. The van der Waals surface area contributed by atoms with Crippen molar-refractivity contribution >= 4 is 11.9 Å². The molecule has 0 N–H and O–H groups in total. The number of halogens is 1. The second kappa shape index (κ2) is 12.3. The lowest BCUT2D eigenvalue weighted by atomic mass is 9.87. The summed E-state index contributed by atoms with van der Waals surface area (Å²) in [6.45, 7) is 0.926. The van der Waals surface area contributed by atoms with E-state index in [0.29, 0.717) is 25.9 Å². The summed E-state index contributed by atoms with van der Waals surface area (Å²) in [7, 11) is 3.32. The van der Waals surface area contributed by atoms with Crippen molar-refractivity contribution in [3.05, 3.63) is 107 Å². The van der Waals surface area contributed by atoms with Crippen molar-refractivity contribution < 1.29 is 18.7 Å². The molecule has 1 saturated heterocycles. The quantitative estimate of drug-likeness (QED) is 0.372. The Hall–Kier alpha value is -3.95. The Kier molecular flexibility index (Phi) is 8.71. The van der Waals surface area contributed by atoms with Crippen LogP contribution in [0.1, 0.15) is 35.4 Å². The van der Waals surface area contributed by atoms with E-state index in [2.05, 4.69) is 16.7 Å². The minimum Gasteiger partial charge on any atom is -0.467 e. The number of carbonyl (C=O) groups is 2. The third-order valence-corrected chi connectivity index (χ3v) is 6.87. The van der Waals surface area contributed by atoms with Crippen LogP contribution in [0, 0.1) is 17.7 Å². The summed E-state index contributed by atoms with van der Waals surface area (Å²) in [5.41, 5.74) is 2.52. The van der Waals surface area contributed by atoms with E-state index in [1.807, 2.05) is 67.7 Å². The number of amides is 1. The van der Waals surface area contributed by atoms with Gasteiger partial charge in [-0.15, -0.1) is 0 Å². The first-order chi connectivity index (χ1) is 18.0. The van der Waals surface area contributed by atoms with Crippen LogP contribution in [0.5, 0.6) is 0 Å². The molecule has 190 valence electrons. The van der Waals surface area contributed by atoms with E-state index in [1.165, 1.54) is 19.2 Å². The van der Waals surface area contributed by atoms with Crippen LogP contribution >= 0.6 is 0 Å². The van der Waals surface area contributed by atoms with E-state index in [-0.39, 0.29) is 17.8 Å². The standard InChI is InChI=1S/C31H31FN2O3/c1-33(20-9-10-23-15-17-26(32)18-16-23)27-19-21-34(28(22-27)31(36)37-2)30(35)29(24-11-5-3-6-12-24)25-13-7-4-8-14-25/h3-8,11-18,27-29H,19-22H2,1-2H3/t27?,28-/m0/s1. The van der Waals surface area contributed by atoms with Crippen LogP contribution in [0.3, 0.4) is 0 Å². The highest BCUT2D eigenvalue weighted by Gasteiger charge is 2.40. The molecule has 1 unspecified atom stereocenters. The number of ether oxygens (including phenoxy) is 1. The van der Waals surface area contributed by atoms with Crippen LogP contribution in [0.25, 0.3) is 0 Å². The lowest BCUT2D eigenvalue weighted by Crippen LogP contribution is -2.55. The molecule has 0 aromatic heterocycles. The van der Waals surface area contributed by atoms with Gasteiger partial charge in [-0.05, 0) is 55.3 Å². The van der Waals surface area contributed by atoms with Gasteiger partial charge in [-0.3, -0.25) is 9.69 Å². The number of esters is 1. The zero-order valence-corrected chi connectivity index (χ0v) is 21.1. The van der Waals surface area contributed by atoms with Crippen molar-refractivity contribution in [2.75, 3.05) is 27.2 Å². The predicted octanol–water partition coefficient (Wildman–Crippen LogP) is 4.47. The van der Waals surface area contributed by atoms with E-state index in [4.69, 9.17) is 4.74 Å². The van der Waals surface area contributed by atoms with Crippen LogP contribution in [-0.4, -0.2) is 61.0 Å². The Morgan fingerprint density at radius 2 is 1.59 bits per heavy atom. The van der Waals surface area contributed by atoms with Gasteiger partial charge in [0, 0.05) is 18.2 Å². The minimum atomic E-state index is -0.682. The van der Waals surface area contributed by atoms with Gasteiger partial charge >= 0.3 is 5.97 Å². The van der Waals surface area contributed by atoms with Gasteiger partial charge in [-0.25, -0.2) is 9.18 Å². The van der Waals surface area contributed by atoms with Gasteiger partial charge < -0.3 is 9.64 Å². The molecule has 1 aliphatic heterocycles. The molecule has 4 rings (SSSR count). The Labute approximate surface area is 217 Å². The monoisotopic (exact) mass is 498 g/mol. The molecule has 1 amide bonds. The number of carbonyl (C=O) groups excluding carboxylic acids is 2. The normalized spacial score (nSPS) is 17.3. The molecule has 3 aromatic carbocycles. The smallest absolute Gasteiger partial charge is 0.328 e. The number of hydrogen-bond acceptors (Lipinski definition) is 4. The minimum absolute atomic E-state index is 0.0579. The van der Waals surface area contributed by atoms with Gasteiger partial charge in [0.25, 0.3) is 0 Å². The number of hydrogen-bond donors (Lipinski definition) is 0. The van der Waals surface area contributed by atoms with Crippen molar-refractivity contribution in [1.82, 2.24) is 9.80 Å². The number of piperidine rings is 1. The van der Waals surface area contributed by atoms with Crippen LogP contribution in [0.15, 0.2) is 84.9 Å². The van der Waals surface area contributed by atoms with Crippen molar-refractivity contribution in [1.29, 1.82) is 0 Å². The van der Waals surface area contributed by atoms with Crippen molar-refractivity contribution in [2.24, 2.45) is 0 Å². The summed E-state index contributed by atoms with van der Waals surface area (Å²) in [6.07, 6.45) is 1.17. The lowest BCUT2D eigenvalue weighted by Gasteiger charge is -2.42. The summed E-state index contributed by atoms with van der Waals surface area (Å²) in [6, 6.07) is 24.8. The Morgan fingerprint density at radius 1 is 1.00 bits per heavy atom. The molecule has 0 spiro atoms. The highest BCUT2D eigenvalue weighted by Crippen LogP contribution is 2.31. The van der Waals surface area contributed by atoms with Gasteiger partial charge in [-0.2, -0.15) is 0 Å². The first-order valence-electron chi connectivity index (χ1n) is 12.4. The van der Waals surface area contributed by atoms with Crippen molar-refractivity contribution in [3.8, 4) is 11.8 Å². The molecule has 0 aliphatic carbocycles. The largest absolute Gasteiger partial charge is 0.467 e. The third-order valence-electron chi connectivity index (χ3n) is 6.87. The van der Waals surface area contributed by atoms with Gasteiger partial charge in [0.15, 0.2) is 0 Å². The number of benzene rings is 3. The lowest BCUT2D eigenvalue weighted by molar-refractivity contribution is -0.156. The zero-order valence-electron chi connectivity index (χ0n) is 21.1. The summed E-state index contributed by atoms with van der Waals surface area (Å²) in [5, 5.41) is 0. The molecule has 0 bridgehead atoms. The Balaban J connectivity index is 1.52. The topological polar surface area (TPSA) is 49.9 Å². The van der Waals surface area contributed by atoms with E-state index in [9.17, 15) is 14.0 Å². The maximum atomic E-state index is 14.0. The van der Waals surface area contributed by atoms with E-state index >= 15 is 0 Å². The number of likely N-dealkylation sites (tertiary alicyclic amines) is 1. The number of rotatable bonds is 6. The van der Waals surface area contributed by atoms with E-state index < -0.39 is 17.9 Å². The molecule has 5 nitrogen and oxygen atoms in total. The fourth-order valence-electron chi connectivity index (χ4n) is 4.83. The third kappa shape index (κ3) is 6.44. The van der Waals surface area contributed by atoms with Gasteiger partial charge in [-0.1, -0.05) is 72.5 Å². The fraction of sp³-hybridized carbons (Fsp3) is 0.290. The highest BCUT2D eigenvalue weighted by atomic mass is 19.1. The average molecular weight is 499 g/mol. The van der Waals surface area contributed by atoms with E-state index in [0.717, 1.165) is 16.7 Å². The van der Waals surface area contributed by atoms with E-state index in [1.54, 1.807) is 17.0 Å². The van der Waals surface area contributed by atoms with Gasteiger partial charge in [0.1, 0.15) is 11.9 Å². The molecular weight excluding hydrogens is 467 g/mol. The molecule has 0 radical (unpaired) electrons. The molecule has 1 aliphatic rings. The number of methoxy groups -OCH3 is 1. The molecule has 1 heterocycles. The fourth-order valence-corrected chi connectivity index (χ4v) is 4.83. The second-order valence-electron chi connectivity index (χ2n) is 9.23. The van der Waals surface area contributed by atoms with Crippen LogP contribution in [-0.2, 0) is 14.3 Å². The first kappa shape index (κ1) is 26.1. The molecule has 37 heavy (non-hydrogen) atoms. The van der Waals surface area contributed by atoms with Gasteiger partial charge in [0.05, 0.1) is 19.6 Å². The van der Waals surface area contributed by atoms with Gasteiger partial charge in [0.2, 0.25) is 5.91 Å². The summed E-state index contributed by atoms with van der Waals surface area (Å²) >= 11 is 0. The average Bonchev–Trinajstić information content (AvgIpc) is 2.94. The number of nitrogens with zero attached hydrogens (tertiary/aromatic N) is 2. The molecule has 3 aromatic rings. The predicted molar refractivity (Wildman–Crippen MR) is 141 cm³/mol. The van der Waals surface area contributed by atoms with Crippen LogP contribution in [0.2, 0.25) is 0 Å². The first-order valence-corrected chi connectivity index (χ1v) is 12.4. The Bertz CT molecular complexity index is 1210. The summed E-state index contributed by atoms with van der Waals surface area (Å²) < 4.78 is 18.2. The maximum Gasteiger partial charge on any atom is 0.328 e. The summed E-state index contributed by atoms with van der Waals surface area (Å²) in [4.78, 5) is 30.7. The van der Waals surface area contributed by atoms with Crippen LogP contribution < -0.4 is 0 Å². The molecule has 6 heteroatoms. The van der Waals surface area contributed by atoms with Crippen molar-refractivity contribution in [2.45, 2.75) is 30.8 Å².